The second-order valence-electron chi connectivity index (χ2n) is 5.64. The lowest BCUT2D eigenvalue weighted by Crippen LogP contribution is -2.37. The van der Waals surface area contributed by atoms with Gasteiger partial charge in [0, 0.05) is 30.8 Å². The van der Waals surface area contributed by atoms with Crippen molar-refractivity contribution in [2.45, 2.75) is 19.8 Å². The molecular weight excluding hydrogens is 270 g/mol. The summed E-state index contributed by atoms with van der Waals surface area (Å²) in [5.41, 5.74) is 1.07. The van der Waals surface area contributed by atoms with Crippen LogP contribution in [-0.2, 0) is 0 Å². The number of nitrogens with zero attached hydrogens (tertiary/aromatic N) is 2. The molecule has 2 rings (SSSR count). The Kier molecular flexibility index (Phi) is 4.90. The zero-order chi connectivity index (χ0) is 15.4. The van der Waals surface area contributed by atoms with Crippen LogP contribution in [0.25, 0.3) is 0 Å². The molecule has 1 saturated heterocycles. The average molecular weight is 291 g/mol. The van der Waals surface area contributed by atoms with E-state index < -0.39 is 4.92 Å². The fourth-order valence-corrected chi connectivity index (χ4v) is 2.75. The predicted molar refractivity (Wildman–Crippen MR) is 80.4 cm³/mol. The number of nitro benzene ring substituents is 1. The van der Waals surface area contributed by atoms with Crippen LogP contribution in [0.3, 0.4) is 0 Å². The van der Waals surface area contributed by atoms with Gasteiger partial charge in [-0.05, 0) is 50.9 Å². The maximum Gasteiger partial charge on any atom is 0.272 e. The normalized spacial score (nSPS) is 15.7. The average Bonchev–Trinajstić information content (AvgIpc) is 2.47. The third-order valence-corrected chi connectivity index (χ3v) is 3.98. The molecule has 0 bridgehead atoms. The summed E-state index contributed by atoms with van der Waals surface area (Å²) in [7, 11) is 1.79. The van der Waals surface area contributed by atoms with Crippen molar-refractivity contribution in [1.29, 1.82) is 0 Å². The lowest BCUT2D eigenvalue weighted by molar-refractivity contribution is -0.385. The Balaban J connectivity index is 2.04. The zero-order valence-corrected chi connectivity index (χ0v) is 12.5. The van der Waals surface area contributed by atoms with Gasteiger partial charge < -0.3 is 10.2 Å². The molecule has 0 atom stereocenters. The van der Waals surface area contributed by atoms with E-state index in [4.69, 9.17) is 0 Å². The SMILES string of the molecule is Cc1cc(C(=O)N(C)CC2CCNCC2)ccc1[N+](=O)[O-]. The third-order valence-electron chi connectivity index (χ3n) is 3.98. The smallest absolute Gasteiger partial charge is 0.272 e. The lowest BCUT2D eigenvalue weighted by atomic mass is 9.97. The fourth-order valence-electron chi connectivity index (χ4n) is 2.75. The van der Waals surface area contributed by atoms with Crippen LogP contribution in [0.1, 0.15) is 28.8 Å². The molecule has 1 aliphatic rings. The van der Waals surface area contributed by atoms with Gasteiger partial charge in [0.1, 0.15) is 0 Å². The van der Waals surface area contributed by atoms with E-state index in [0.29, 0.717) is 17.0 Å². The fraction of sp³-hybridized carbons (Fsp3) is 0.533. The number of amides is 1. The van der Waals surface area contributed by atoms with Crippen LogP contribution in [0.5, 0.6) is 0 Å². The zero-order valence-electron chi connectivity index (χ0n) is 12.5. The van der Waals surface area contributed by atoms with Gasteiger partial charge in [0.25, 0.3) is 11.6 Å². The molecule has 1 amide bonds. The molecule has 1 heterocycles. The maximum absolute atomic E-state index is 12.4. The van der Waals surface area contributed by atoms with Crippen LogP contribution in [0, 0.1) is 23.0 Å². The van der Waals surface area contributed by atoms with Crippen molar-refractivity contribution < 1.29 is 9.72 Å². The van der Waals surface area contributed by atoms with E-state index in [-0.39, 0.29) is 11.6 Å². The van der Waals surface area contributed by atoms with E-state index in [2.05, 4.69) is 5.32 Å². The summed E-state index contributed by atoms with van der Waals surface area (Å²) < 4.78 is 0. The number of nitrogens with one attached hydrogen (secondary N) is 1. The van der Waals surface area contributed by atoms with Gasteiger partial charge in [-0.2, -0.15) is 0 Å². The van der Waals surface area contributed by atoms with Gasteiger partial charge in [-0.15, -0.1) is 0 Å². The van der Waals surface area contributed by atoms with Crippen LogP contribution in [0.4, 0.5) is 5.69 Å². The first kappa shape index (κ1) is 15.4. The van der Waals surface area contributed by atoms with Gasteiger partial charge in [-0.3, -0.25) is 14.9 Å². The Morgan fingerprint density at radius 1 is 1.43 bits per heavy atom. The third kappa shape index (κ3) is 3.78. The number of carbonyl (C=O) groups is 1. The Labute approximate surface area is 124 Å². The molecule has 6 nitrogen and oxygen atoms in total. The molecule has 0 spiro atoms. The van der Waals surface area contributed by atoms with Crippen LogP contribution in [0.15, 0.2) is 18.2 Å². The molecule has 1 aliphatic heterocycles. The van der Waals surface area contributed by atoms with Crippen LogP contribution >= 0.6 is 0 Å². The summed E-state index contributed by atoms with van der Waals surface area (Å²) >= 11 is 0. The summed E-state index contributed by atoms with van der Waals surface area (Å²) in [6.45, 7) is 4.39. The lowest BCUT2D eigenvalue weighted by Gasteiger charge is -2.27. The van der Waals surface area contributed by atoms with Gasteiger partial charge >= 0.3 is 0 Å². The molecule has 1 aromatic rings. The van der Waals surface area contributed by atoms with E-state index in [1.165, 1.54) is 12.1 Å². The molecule has 114 valence electrons. The molecule has 21 heavy (non-hydrogen) atoms. The van der Waals surface area contributed by atoms with E-state index in [1.54, 1.807) is 24.9 Å². The van der Waals surface area contributed by atoms with Crippen molar-refractivity contribution in [2.75, 3.05) is 26.7 Å². The predicted octanol–water partition coefficient (Wildman–Crippen LogP) is 1.97. The molecule has 0 unspecified atom stereocenters. The molecule has 1 N–H and O–H groups in total. The summed E-state index contributed by atoms with van der Waals surface area (Å²) in [5, 5.41) is 14.1. The van der Waals surface area contributed by atoms with Crippen LogP contribution in [0.2, 0.25) is 0 Å². The molecule has 0 aliphatic carbocycles. The molecule has 1 fully saturated rings. The first-order valence-electron chi connectivity index (χ1n) is 7.20. The van der Waals surface area contributed by atoms with Gasteiger partial charge in [0.2, 0.25) is 0 Å². The summed E-state index contributed by atoms with van der Waals surface area (Å²) in [6, 6.07) is 4.53. The topological polar surface area (TPSA) is 75.5 Å². The second-order valence-corrected chi connectivity index (χ2v) is 5.64. The van der Waals surface area contributed by atoms with E-state index in [9.17, 15) is 14.9 Å². The van der Waals surface area contributed by atoms with E-state index in [0.717, 1.165) is 32.5 Å². The summed E-state index contributed by atoms with van der Waals surface area (Å²) in [4.78, 5) is 24.5. The quantitative estimate of drug-likeness (QED) is 0.680. The van der Waals surface area contributed by atoms with Gasteiger partial charge in [-0.25, -0.2) is 0 Å². The minimum atomic E-state index is -0.428. The molecule has 0 aromatic heterocycles. The van der Waals surface area contributed by atoms with Crippen molar-refractivity contribution in [3.8, 4) is 0 Å². The standard InChI is InChI=1S/C15H21N3O3/c1-11-9-13(3-4-14(11)18(20)21)15(19)17(2)10-12-5-7-16-8-6-12/h3-4,9,12,16H,5-8,10H2,1-2H3. The molecular formula is C15H21N3O3. The second kappa shape index (κ2) is 6.67. The first-order valence-corrected chi connectivity index (χ1v) is 7.20. The van der Waals surface area contributed by atoms with Crippen molar-refractivity contribution in [2.24, 2.45) is 5.92 Å². The number of rotatable bonds is 4. The monoisotopic (exact) mass is 291 g/mol. The summed E-state index contributed by atoms with van der Waals surface area (Å²) in [5.74, 6) is 0.450. The van der Waals surface area contributed by atoms with Crippen LogP contribution in [-0.4, -0.2) is 42.4 Å². The number of hydrogen-bond acceptors (Lipinski definition) is 4. The highest BCUT2D eigenvalue weighted by Gasteiger charge is 2.20. The van der Waals surface area contributed by atoms with Crippen LogP contribution < -0.4 is 5.32 Å². The number of benzene rings is 1. The van der Waals surface area contributed by atoms with Gasteiger partial charge in [0.05, 0.1) is 4.92 Å². The van der Waals surface area contributed by atoms with Crippen molar-refractivity contribution in [3.05, 3.63) is 39.4 Å². The molecule has 0 saturated carbocycles. The number of piperidine rings is 1. The molecule has 1 aromatic carbocycles. The van der Waals surface area contributed by atoms with E-state index in [1.807, 2.05) is 0 Å². The number of carbonyl (C=O) groups excluding carboxylic acids is 1. The van der Waals surface area contributed by atoms with E-state index >= 15 is 0 Å². The Bertz CT molecular complexity index is 539. The highest BCUT2D eigenvalue weighted by molar-refractivity contribution is 5.94. The highest BCUT2D eigenvalue weighted by atomic mass is 16.6. The van der Waals surface area contributed by atoms with Gasteiger partial charge in [0.15, 0.2) is 0 Å². The first-order chi connectivity index (χ1) is 9.99. The minimum Gasteiger partial charge on any atom is -0.341 e. The van der Waals surface area contributed by atoms with Crippen molar-refractivity contribution in [3.63, 3.8) is 0 Å². The Morgan fingerprint density at radius 3 is 2.67 bits per heavy atom. The number of hydrogen-bond donors (Lipinski definition) is 1. The highest BCUT2D eigenvalue weighted by Crippen LogP contribution is 2.20. The number of aryl methyl sites for hydroxylation is 1. The van der Waals surface area contributed by atoms with Crippen molar-refractivity contribution >= 4 is 11.6 Å². The molecule has 0 radical (unpaired) electrons. The number of nitro groups is 1. The van der Waals surface area contributed by atoms with Crippen molar-refractivity contribution in [1.82, 2.24) is 10.2 Å². The minimum absolute atomic E-state index is 0.0487. The Hall–Kier alpha value is -1.95. The Morgan fingerprint density at radius 2 is 2.10 bits per heavy atom. The summed E-state index contributed by atoms with van der Waals surface area (Å²) in [6.07, 6.45) is 2.16. The maximum atomic E-state index is 12.4. The molecule has 6 heteroatoms. The largest absolute Gasteiger partial charge is 0.341 e. The van der Waals surface area contributed by atoms with Gasteiger partial charge in [-0.1, -0.05) is 0 Å².